The van der Waals surface area contributed by atoms with Gasteiger partial charge in [-0.05, 0) is 25.0 Å². The molecule has 0 N–H and O–H groups in total. The summed E-state index contributed by atoms with van der Waals surface area (Å²) >= 11 is 2.46. The summed E-state index contributed by atoms with van der Waals surface area (Å²) in [5.41, 5.74) is 0.407. The predicted octanol–water partition coefficient (Wildman–Crippen LogP) is 3.14. The van der Waals surface area contributed by atoms with Crippen LogP contribution in [0.5, 0.6) is 0 Å². The van der Waals surface area contributed by atoms with Gasteiger partial charge in [0.2, 0.25) is 0 Å². The lowest BCUT2D eigenvalue weighted by Gasteiger charge is -2.38. The van der Waals surface area contributed by atoms with Gasteiger partial charge in [-0.15, -0.1) is 0 Å². The second-order valence-electron chi connectivity index (χ2n) is 3.24. The topological polar surface area (TPSA) is 13.1 Å². The zero-order valence-electron chi connectivity index (χ0n) is 6.35. The first-order valence-corrected chi connectivity index (χ1v) is 5.50. The number of hydrogen-bond acceptors (Lipinski definition) is 1. The lowest BCUT2D eigenvalue weighted by Crippen LogP contribution is -2.35. The molecule has 0 saturated heterocycles. The fraction of sp³-hybridized carbons (Fsp3) is 0.556. The van der Waals surface area contributed by atoms with Gasteiger partial charge in [-0.25, -0.2) is 0 Å². The molecule has 60 valence electrons. The van der Waals surface area contributed by atoms with E-state index in [0.29, 0.717) is 5.41 Å². The highest BCUT2D eigenvalue weighted by Crippen LogP contribution is 2.45. The van der Waals surface area contributed by atoms with E-state index < -0.39 is 0 Å². The highest BCUT2D eigenvalue weighted by molar-refractivity contribution is 14.1. The molecule has 1 aliphatic rings. The smallest absolute Gasteiger partial charge is 0.110 e. The fourth-order valence-corrected chi connectivity index (χ4v) is 2.77. The Morgan fingerprint density at radius 1 is 1.55 bits per heavy atom. The van der Waals surface area contributed by atoms with Gasteiger partial charge in [-0.3, -0.25) is 0 Å². The highest BCUT2D eigenvalue weighted by Gasteiger charge is 2.39. The maximum Gasteiger partial charge on any atom is 0.110 e. The van der Waals surface area contributed by atoms with E-state index >= 15 is 0 Å². The molecule has 0 amide bonds. The van der Waals surface area contributed by atoms with E-state index in [0.717, 1.165) is 0 Å². The fourth-order valence-electron chi connectivity index (χ4n) is 1.63. The molecular weight excluding hydrogens is 251 g/mol. The standard InChI is InChI=1S/C9H11IO/c10-7-9(4-2-5-9)8-3-1-6-11-8/h1,3,6H,2,4-5,7H2. The summed E-state index contributed by atoms with van der Waals surface area (Å²) in [4.78, 5) is 0. The Morgan fingerprint density at radius 3 is 2.73 bits per heavy atom. The Balaban J connectivity index is 2.25. The van der Waals surface area contributed by atoms with Crippen LogP contribution in [0.2, 0.25) is 0 Å². The van der Waals surface area contributed by atoms with Crippen LogP contribution >= 0.6 is 22.6 Å². The third-order valence-corrected chi connectivity index (χ3v) is 4.07. The molecule has 0 aliphatic heterocycles. The zero-order valence-corrected chi connectivity index (χ0v) is 8.50. The van der Waals surface area contributed by atoms with Crippen molar-refractivity contribution in [3.63, 3.8) is 0 Å². The molecule has 0 atom stereocenters. The molecule has 2 heteroatoms. The second kappa shape index (κ2) is 2.81. The summed E-state index contributed by atoms with van der Waals surface area (Å²) in [6.07, 6.45) is 5.76. The molecule has 0 unspecified atom stereocenters. The van der Waals surface area contributed by atoms with Gasteiger partial charge in [0.05, 0.1) is 6.26 Å². The number of alkyl halides is 1. The van der Waals surface area contributed by atoms with Crippen LogP contribution in [0.15, 0.2) is 22.8 Å². The van der Waals surface area contributed by atoms with Crippen LogP contribution in [-0.2, 0) is 5.41 Å². The lowest BCUT2D eigenvalue weighted by molar-refractivity contribution is 0.233. The first kappa shape index (κ1) is 7.65. The Hall–Kier alpha value is 0.01000. The average Bonchev–Trinajstić information content (AvgIpc) is 2.39. The van der Waals surface area contributed by atoms with Gasteiger partial charge in [0.15, 0.2) is 0 Å². The van der Waals surface area contributed by atoms with Crippen molar-refractivity contribution < 1.29 is 4.42 Å². The van der Waals surface area contributed by atoms with E-state index in [9.17, 15) is 0 Å². The summed E-state index contributed by atoms with van der Waals surface area (Å²) in [7, 11) is 0. The van der Waals surface area contributed by atoms with Crippen LogP contribution in [0.1, 0.15) is 25.0 Å². The average molecular weight is 262 g/mol. The predicted molar refractivity (Wildman–Crippen MR) is 53.1 cm³/mol. The van der Waals surface area contributed by atoms with Crippen molar-refractivity contribution in [1.82, 2.24) is 0 Å². The van der Waals surface area contributed by atoms with E-state index in [1.54, 1.807) is 6.26 Å². The molecule has 1 heterocycles. The van der Waals surface area contributed by atoms with Crippen molar-refractivity contribution in [3.8, 4) is 0 Å². The molecule has 1 nitrogen and oxygen atoms in total. The third kappa shape index (κ3) is 1.11. The van der Waals surface area contributed by atoms with Gasteiger partial charge in [0, 0.05) is 9.84 Å². The maximum atomic E-state index is 5.43. The Kier molecular flexibility index (Phi) is 1.95. The monoisotopic (exact) mass is 262 g/mol. The first-order chi connectivity index (χ1) is 5.37. The van der Waals surface area contributed by atoms with Gasteiger partial charge in [-0.1, -0.05) is 29.0 Å². The van der Waals surface area contributed by atoms with Crippen LogP contribution in [0, 0.1) is 0 Å². The highest BCUT2D eigenvalue weighted by atomic mass is 127. The van der Waals surface area contributed by atoms with Crippen molar-refractivity contribution in [2.75, 3.05) is 4.43 Å². The molecule has 0 radical (unpaired) electrons. The molecule has 1 fully saturated rings. The van der Waals surface area contributed by atoms with E-state index in [4.69, 9.17) is 4.42 Å². The van der Waals surface area contributed by atoms with Crippen molar-refractivity contribution in [1.29, 1.82) is 0 Å². The molecule has 0 spiro atoms. The van der Waals surface area contributed by atoms with Crippen LogP contribution in [0.4, 0.5) is 0 Å². The minimum atomic E-state index is 0.407. The molecular formula is C9H11IO. The van der Waals surface area contributed by atoms with E-state index in [1.807, 2.05) is 6.07 Å². The summed E-state index contributed by atoms with van der Waals surface area (Å²) < 4.78 is 6.62. The number of furan rings is 1. The number of rotatable bonds is 2. The third-order valence-electron chi connectivity index (χ3n) is 2.61. The normalized spacial score (nSPS) is 21.2. The second-order valence-corrected chi connectivity index (χ2v) is 4.01. The molecule has 1 saturated carbocycles. The summed E-state index contributed by atoms with van der Waals surface area (Å²) in [5, 5.41) is 0. The molecule has 1 aliphatic carbocycles. The van der Waals surface area contributed by atoms with Gasteiger partial charge in [0.1, 0.15) is 5.76 Å². The SMILES string of the molecule is ICC1(c2ccco2)CCC1. The van der Waals surface area contributed by atoms with E-state index in [-0.39, 0.29) is 0 Å². The molecule has 0 aromatic carbocycles. The van der Waals surface area contributed by atoms with E-state index in [2.05, 4.69) is 28.7 Å². The maximum absolute atomic E-state index is 5.43. The van der Waals surface area contributed by atoms with Gasteiger partial charge in [0.25, 0.3) is 0 Å². The minimum Gasteiger partial charge on any atom is -0.469 e. The number of halogens is 1. The van der Waals surface area contributed by atoms with Crippen LogP contribution in [0.3, 0.4) is 0 Å². The van der Waals surface area contributed by atoms with Crippen molar-refractivity contribution in [2.45, 2.75) is 24.7 Å². The summed E-state index contributed by atoms with van der Waals surface area (Å²) in [5.74, 6) is 1.19. The van der Waals surface area contributed by atoms with E-state index in [1.165, 1.54) is 29.5 Å². The molecule has 11 heavy (non-hydrogen) atoms. The zero-order chi connectivity index (χ0) is 7.73. The molecule has 1 aromatic heterocycles. The van der Waals surface area contributed by atoms with Gasteiger partial charge < -0.3 is 4.42 Å². The van der Waals surface area contributed by atoms with Crippen LogP contribution in [-0.4, -0.2) is 4.43 Å². The summed E-state index contributed by atoms with van der Waals surface area (Å²) in [6.45, 7) is 0. The molecule has 2 rings (SSSR count). The Morgan fingerprint density at radius 2 is 2.36 bits per heavy atom. The van der Waals surface area contributed by atoms with Crippen molar-refractivity contribution in [3.05, 3.63) is 24.2 Å². The van der Waals surface area contributed by atoms with Crippen LogP contribution < -0.4 is 0 Å². The number of hydrogen-bond donors (Lipinski definition) is 0. The lowest BCUT2D eigenvalue weighted by atomic mass is 9.69. The Labute approximate surface area is 80.3 Å². The largest absolute Gasteiger partial charge is 0.469 e. The Bertz CT molecular complexity index is 218. The first-order valence-electron chi connectivity index (χ1n) is 3.97. The van der Waals surface area contributed by atoms with Crippen molar-refractivity contribution >= 4 is 22.6 Å². The van der Waals surface area contributed by atoms with Crippen molar-refractivity contribution in [2.24, 2.45) is 0 Å². The van der Waals surface area contributed by atoms with Gasteiger partial charge >= 0.3 is 0 Å². The quantitative estimate of drug-likeness (QED) is 0.589. The summed E-state index contributed by atoms with van der Waals surface area (Å²) in [6, 6.07) is 4.10. The molecule has 0 bridgehead atoms. The minimum absolute atomic E-state index is 0.407. The molecule has 1 aromatic rings. The van der Waals surface area contributed by atoms with Gasteiger partial charge in [-0.2, -0.15) is 0 Å². The van der Waals surface area contributed by atoms with Crippen LogP contribution in [0.25, 0.3) is 0 Å².